The molecule has 0 bridgehead atoms. The molecule has 0 amide bonds. The summed E-state index contributed by atoms with van der Waals surface area (Å²) in [6.07, 6.45) is 5.30. The summed E-state index contributed by atoms with van der Waals surface area (Å²) in [6, 6.07) is 0. The third kappa shape index (κ3) is 5.71. The lowest BCUT2D eigenvalue weighted by molar-refractivity contribution is 0.167. The summed E-state index contributed by atoms with van der Waals surface area (Å²) in [6.45, 7) is 14.2. The van der Waals surface area contributed by atoms with Crippen LogP contribution in [0.15, 0.2) is 0 Å². The van der Waals surface area contributed by atoms with E-state index in [0.717, 1.165) is 18.4 Å². The summed E-state index contributed by atoms with van der Waals surface area (Å²) in [5.41, 5.74) is 0.441. The maximum absolute atomic E-state index is 3.62. The van der Waals surface area contributed by atoms with Crippen molar-refractivity contribution >= 4 is 0 Å². The molecule has 108 valence electrons. The average Bonchev–Trinajstić information content (AvgIpc) is 2.94. The Morgan fingerprint density at radius 1 is 1.28 bits per heavy atom. The monoisotopic (exact) mass is 254 g/mol. The molecule has 1 rings (SSSR count). The van der Waals surface area contributed by atoms with Crippen molar-refractivity contribution in [1.29, 1.82) is 0 Å². The standard InChI is InChI=1S/C16H34N2/c1-6-8-16(4,12-17-9-7-2)13-18(5)11-15-10-14(15)3/h14-15,17H,6-13H2,1-5H3. The first-order valence-corrected chi connectivity index (χ1v) is 7.90. The summed E-state index contributed by atoms with van der Waals surface area (Å²) < 4.78 is 0. The van der Waals surface area contributed by atoms with Crippen LogP contribution in [0.25, 0.3) is 0 Å². The van der Waals surface area contributed by atoms with Gasteiger partial charge >= 0.3 is 0 Å². The topological polar surface area (TPSA) is 15.3 Å². The van der Waals surface area contributed by atoms with Gasteiger partial charge in [0.15, 0.2) is 0 Å². The zero-order valence-electron chi connectivity index (χ0n) is 13.3. The predicted octanol–water partition coefficient (Wildman–Crippen LogP) is 3.38. The number of rotatable bonds is 10. The summed E-state index contributed by atoms with van der Waals surface area (Å²) in [5.74, 6) is 1.95. The van der Waals surface area contributed by atoms with E-state index in [9.17, 15) is 0 Å². The predicted molar refractivity (Wildman–Crippen MR) is 80.9 cm³/mol. The molecule has 0 spiro atoms. The van der Waals surface area contributed by atoms with Gasteiger partial charge in [-0.15, -0.1) is 0 Å². The van der Waals surface area contributed by atoms with Crippen molar-refractivity contribution in [1.82, 2.24) is 10.2 Å². The molecule has 1 aliphatic rings. The van der Waals surface area contributed by atoms with Crippen LogP contribution in [0.3, 0.4) is 0 Å². The van der Waals surface area contributed by atoms with Crippen molar-refractivity contribution < 1.29 is 0 Å². The van der Waals surface area contributed by atoms with Gasteiger partial charge in [0.25, 0.3) is 0 Å². The highest BCUT2D eigenvalue weighted by Crippen LogP contribution is 2.38. The van der Waals surface area contributed by atoms with Crippen LogP contribution in [0.5, 0.6) is 0 Å². The van der Waals surface area contributed by atoms with Gasteiger partial charge < -0.3 is 10.2 Å². The second kappa shape index (κ2) is 7.49. The second-order valence-electron chi connectivity index (χ2n) is 6.91. The van der Waals surface area contributed by atoms with Gasteiger partial charge in [0.05, 0.1) is 0 Å². The molecule has 0 saturated heterocycles. The van der Waals surface area contributed by atoms with Crippen molar-refractivity contribution in [2.45, 2.75) is 53.4 Å². The molecule has 0 aromatic carbocycles. The molecule has 0 aliphatic heterocycles. The van der Waals surface area contributed by atoms with Crippen LogP contribution in [0.4, 0.5) is 0 Å². The largest absolute Gasteiger partial charge is 0.316 e. The van der Waals surface area contributed by atoms with Crippen molar-refractivity contribution in [2.24, 2.45) is 17.3 Å². The van der Waals surface area contributed by atoms with Crippen LogP contribution in [-0.2, 0) is 0 Å². The number of nitrogens with one attached hydrogen (secondary N) is 1. The average molecular weight is 254 g/mol. The summed E-state index contributed by atoms with van der Waals surface area (Å²) >= 11 is 0. The first-order chi connectivity index (χ1) is 8.50. The van der Waals surface area contributed by atoms with Gasteiger partial charge in [0.2, 0.25) is 0 Å². The van der Waals surface area contributed by atoms with Crippen LogP contribution in [-0.4, -0.2) is 38.1 Å². The van der Waals surface area contributed by atoms with E-state index < -0.39 is 0 Å². The normalized spacial score (nSPS) is 26.3. The number of nitrogens with zero attached hydrogens (tertiary/aromatic N) is 1. The summed E-state index contributed by atoms with van der Waals surface area (Å²) in [5, 5.41) is 3.62. The van der Waals surface area contributed by atoms with E-state index >= 15 is 0 Å². The van der Waals surface area contributed by atoms with Crippen molar-refractivity contribution in [2.75, 3.05) is 33.2 Å². The summed E-state index contributed by atoms with van der Waals surface area (Å²) in [4.78, 5) is 2.57. The van der Waals surface area contributed by atoms with Gasteiger partial charge in [-0.2, -0.15) is 0 Å². The van der Waals surface area contributed by atoms with Gasteiger partial charge in [-0.05, 0) is 50.1 Å². The number of hydrogen-bond donors (Lipinski definition) is 1. The molecule has 3 unspecified atom stereocenters. The third-order valence-corrected chi connectivity index (χ3v) is 4.31. The maximum Gasteiger partial charge on any atom is 0.00445 e. The number of hydrogen-bond acceptors (Lipinski definition) is 2. The lowest BCUT2D eigenvalue weighted by Gasteiger charge is -2.34. The van der Waals surface area contributed by atoms with Gasteiger partial charge in [-0.25, -0.2) is 0 Å². The van der Waals surface area contributed by atoms with E-state index in [0.29, 0.717) is 5.41 Å². The van der Waals surface area contributed by atoms with E-state index in [1.54, 1.807) is 0 Å². The van der Waals surface area contributed by atoms with Gasteiger partial charge in [-0.3, -0.25) is 0 Å². The van der Waals surface area contributed by atoms with Crippen molar-refractivity contribution in [3.8, 4) is 0 Å². The highest BCUT2D eigenvalue weighted by molar-refractivity contribution is 4.87. The minimum absolute atomic E-state index is 0.441. The lowest BCUT2D eigenvalue weighted by Crippen LogP contribution is -2.41. The van der Waals surface area contributed by atoms with Gasteiger partial charge in [0.1, 0.15) is 0 Å². The maximum atomic E-state index is 3.62. The molecule has 3 atom stereocenters. The highest BCUT2D eigenvalue weighted by Gasteiger charge is 2.34. The highest BCUT2D eigenvalue weighted by atomic mass is 15.1. The Balaban J connectivity index is 2.33. The van der Waals surface area contributed by atoms with Gasteiger partial charge in [0, 0.05) is 19.6 Å². The van der Waals surface area contributed by atoms with E-state index in [1.165, 1.54) is 45.3 Å². The van der Waals surface area contributed by atoms with Crippen LogP contribution < -0.4 is 5.32 Å². The molecule has 2 heteroatoms. The summed E-state index contributed by atoms with van der Waals surface area (Å²) in [7, 11) is 2.30. The van der Waals surface area contributed by atoms with E-state index in [2.05, 4.69) is 45.0 Å². The van der Waals surface area contributed by atoms with Crippen LogP contribution in [0.2, 0.25) is 0 Å². The third-order valence-electron chi connectivity index (χ3n) is 4.31. The Bertz CT molecular complexity index is 229. The fourth-order valence-corrected chi connectivity index (χ4v) is 3.16. The molecule has 1 N–H and O–H groups in total. The second-order valence-corrected chi connectivity index (χ2v) is 6.91. The van der Waals surface area contributed by atoms with E-state index in [4.69, 9.17) is 0 Å². The van der Waals surface area contributed by atoms with Crippen molar-refractivity contribution in [3.05, 3.63) is 0 Å². The molecule has 2 nitrogen and oxygen atoms in total. The van der Waals surface area contributed by atoms with Gasteiger partial charge in [-0.1, -0.05) is 34.1 Å². The quantitative estimate of drug-likeness (QED) is 0.601. The zero-order valence-corrected chi connectivity index (χ0v) is 13.3. The minimum Gasteiger partial charge on any atom is -0.316 e. The Morgan fingerprint density at radius 3 is 2.44 bits per heavy atom. The molecule has 0 radical (unpaired) electrons. The fourth-order valence-electron chi connectivity index (χ4n) is 3.16. The molecule has 0 aromatic heterocycles. The molecule has 18 heavy (non-hydrogen) atoms. The van der Waals surface area contributed by atoms with Crippen LogP contribution >= 0.6 is 0 Å². The Morgan fingerprint density at radius 2 is 1.94 bits per heavy atom. The zero-order chi connectivity index (χ0) is 13.6. The smallest absolute Gasteiger partial charge is 0.00445 e. The molecular formula is C16H34N2. The molecule has 1 fully saturated rings. The van der Waals surface area contributed by atoms with Crippen molar-refractivity contribution in [3.63, 3.8) is 0 Å². The molecule has 0 heterocycles. The molecule has 0 aromatic rings. The SMILES string of the molecule is CCCNCC(C)(CCC)CN(C)CC1CC1C. The van der Waals surface area contributed by atoms with Crippen LogP contribution in [0, 0.1) is 17.3 Å². The van der Waals surface area contributed by atoms with E-state index in [-0.39, 0.29) is 0 Å². The first kappa shape index (κ1) is 16.0. The van der Waals surface area contributed by atoms with E-state index in [1.807, 2.05) is 0 Å². The first-order valence-electron chi connectivity index (χ1n) is 7.90. The minimum atomic E-state index is 0.441. The Hall–Kier alpha value is -0.0800. The molecule has 1 saturated carbocycles. The Kier molecular flexibility index (Phi) is 6.65. The lowest BCUT2D eigenvalue weighted by atomic mass is 9.84. The Labute approximate surface area is 115 Å². The molecule has 1 aliphatic carbocycles. The molecular weight excluding hydrogens is 220 g/mol. The fraction of sp³-hybridized carbons (Fsp3) is 1.00. The van der Waals surface area contributed by atoms with Crippen LogP contribution in [0.1, 0.15) is 53.4 Å².